The Hall–Kier alpha value is -1.16. The van der Waals surface area contributed by atoms with E-state index in [1.54, 1.807) is 6.20 Å². The molecule has 0 amide bonds. The van der Waals surface area contributed by atoms with Gasteiger partial charge < -0.3 is 10.1 Å². The molecule has 0 unspecified atom stereocenters. The summed E-state index contributed by atoms with van der Waals surface area (Å²) >= 11 is 0. The summed E-state index contributed by atoms with van der Waals surface area (Å²) in [6, 6.07) is 2.46. The van der Waals surface area contributed by atoms with Crippen LogP contribution in [0.3, 0.4) is 0 Å². The molecule has 0 saturated carbocycles. The highest BCUT2D eigenvalue weighted by Gasteiger charge is 2.21. The van der Waals surface area contributed by atoms with E-state index >= 15 is 0 Å². The van der Waals surface area contributed by atoms with Gasteiger partial charge in [-0.25, -0.2) is 0 Å². The standard InChI is InChI=1S/C10H15N3O/c1-7-3-9(5-11-7)14-10-4-8(2)13-12-6-10/h4,6-7,9,11H,3,5H2,1-2H3/t7-,9+/m0/s1. The minimum atomic E-state index is 0.272. The Morgan fingerprint density at radius 1 is 1.57 bits per heavy atom. The maximum Gasteiger partial charge on any atom is 0.141 e. The molecule has 2 rings (SSSR count). The number of rotatable bonds is 2. The maximum absolute atomic E-state index is 5.76. The van der Waals surface area contributed by atoms with E-state index < -0.39 is 0 Å². The van der Waals surface area contributed by atoms with Crippen molar-refractivity contribution in [1.82, 2.24) is 15.5 Å². The van der Waals surface area contributed by atoms with Crippen molar-refractivity contribution in [3.8, 4) is 5.75 Å². The Balaban J connectivity index is 1.97. The van der Waals surface area contributed by atoms with Gasteiger partial charge in [-0.3, -0.25) is 0 Å². The van der Waals surface area contributed by atoms with E-state index in [1.807, 2.05) is 13.0 Å². The van der Waals surface area contributed by atoms with Gasteiger partial charge in [0.1, 0.15) is 11.9 Å². The molecule has 0 aliphatic carbocycles. The lowest BCUT2D eigenvalue weighted by molar-refractivity contribution is 0.219. The van der Waals surface area contributed by atoms with E-state index in [0.717, 1.165) is 24.4 Å². The quantitative estimate of drug-likeness (QED) is 0.758. The smallest absolute Gasteiger partial charge is 0.141 e. The first kappa shape index (κ1) is 9.40. The molecule has 1 N–H and O–H groups in total. The SMILES string of the molecule is Cc1cc(O[C@H]2CN[C@@H](C)C2)cnn1. The average molecular weight is 193 g/mol. The largest absolute Gasteiger partial charge is 0.487 e. The zero-order valence-corrected chi connectivity index (χ0v) is 8.53. The van der Waals surface area contributed by atoms with Crippen LogP contribution >= 0.6 is 0 Å². The Morgan fingerprint density at radius 2 is 2.43 bits per heavy atom. The molecule has 1 aromatic rings. The number of hydrogen-bond acceptors (Lipinski definition) is 4. The van der Waals surface area contributed by atoms with Gasteiger partial charge in [-0.15, -0.1) is 0 Å². The Bertz CT molecular complexity index is 316. The predicted octanol–water partition coefficient (Wildman–Crippen LogP) is 0.914. The molecule has 4 nitrogen and oxygen atoms in total. The lowest BCUT2D eigenvalue weighted by atomic mass is 10.2. The van der Waals surface area contributed by atoms with Gasteiger partial charge in [0.15, 0.2) is 0 Å². The molecule has 1 fully saturated rings. The summed E-state index contributed by atoms with van der Waals surface area (Å²) < 4.78 is 5.76. The summed E-state index contributed by atoms with van der Waals surface area (Å²) in [4.78, 5) is 0. The number of nitrogens with zero attached hydrogens (tertiary/aromatic N) is 2. The summed E-state index contributed by atoms with van der Waals surface area (Å²) in [6.45, 7) is 5.00. The van der Waals surface area contributed by atoms with Crippen LogP contribution in [0.1, 0.15) is 19.0 Å². The first-order chi connectivity index (χ1) is 6.74. The average Bonchev–Trinajstić information content (AvgIpc) is 2.51. The van der Waals surface area contributed by atoms with E-state index in [4.69, 9.17) is 4.74 Å². The van der Waals surface area contributed by atoms with Gasteiger partial charge in [-0.2, -0.15) is 10.2 Å². The van der Waals surface area contributed by atoms with Crippen molar-refractivity contribution in [2.75, 3.05) is 6.54 Å². The molecule has 1 aliphatic heterocycles. The lowest BCUT2D eigenvalue weighted by Gasteiger charge is -2.11. The normalized spacial score (nSPS) is 26.4. The Labute approximate surface area is 83.7 Å². The second kappa shape index (κ2) is 3.92. The third kappa shape index (κ3) is 2.20. The van der Waals surface area contributed by atoms with Crippen molar-refractivity contribution < 1.29 is 4.74 Å². The van der Waals surface area contributed by atoms with Gasteiger partial charge >= 0.3 is 0 Å². The second-order valence-corrected chi connectivity index (χ2v) is 3.82. The van der Waals surface area contributed by atoms with Crippen LogP contribution in [0, 0.1) is 6.92 Å². The zero-order valence-electron chi connectivity index (χ0n) is 8.53. The summed E-state index contributed by atoms with van der Waals surface area (Å²) in [5.41, 5.74) is 0.890. The predicted molar refractivity (Wildman–Crippen MR) is 53.3 cm³/mol. The highest BCUT2D eigenvalue weighted by Crippen LogP contribution is 2.16. The molecule has 0 radical (unpaired) electrons. The number of nitrogens with one attached hydrogen (secondary N) is 1. The Morgan fingerprint density at radius 3 is 3.07 bits per heavy atom. The maximum atomic E-state index is 5.76. The molecule has 0 spiro atoms. The molecular formula is C10H15N3O. The van der Waals surface area contributed by atoms with Crippen molar-refractivity contribution in [3.05, 3.63) is 18.0 Å². The minimum Gasteiger partial charge on any atom is -0.487 e. The molecule has 1 aromatic heterocycles. The van der Waals surface area contributed by atoms with E-state index in [-0.39, 0.29) is 6.10 Å². The van der Waals surface area contributed by atoms with Gasteiger partial charge in [-0.05, 0) is 13.8 Å². The van der Waals surface area contributed by atoms with Crippen LogP contribution in [0.4, 0.5) is 0 Å². The number of hydrogen-bond donors (Lipinski definition) is 1. The molecule has 1 aliphatic rings. The molecule has 0 aromatic carbocycles. The second-order valence-electron chi connectivity index (χ2n) is 3.82. The van der Waals surface area contributed by atoms with Crippen LogP contribution in [-0.2, 0) is 0 Å². The van der Waals surface area contributed by atoms with Gasteiger partial charge in [-0.1, -0.05) is 0 Å². The van der Waals surface area contributed by atoms with Gasteiger partial charge in [0.25, 0.3) is 0 Å². The zero-order chi connectivity index (χ0) is 9.97. The summed E-state index contributed by atoms with van der Waals surface area (Å²) in [6.07, 6.45) is 2.99. The third-order valence-electron chi connectivity index (χ3n) is 2.36. The topological polar surface area (TPSA) is 47.0 Å². The lowest BCUT2D eigenvalue weighted by Crippen LogP contribution is -2.20. The third-order valence-corrected chi connectivity index (χ3v) is 2.36. The summed E-state index contributed by atoms with van der Waals surface area (Å²) in [5.74, 6) is 0.818. The van der Waals surface area contributed by atoms with E-state index in [1.165, 1.54) is 0 Å². The van der Waals surface area contributed by atoms with Crippen LogP contribution in [0.25, 0.3) is 0 Å². The summed E-state index contributed by atoms with van der Waals surface area (Å²) in [7, 11) is 0. The molecule has 2 heterocycles. The van der Waals surface area contributed by atoms with Crippen molar-refractivity contribution in [2.45, 2.75) is 32.4 Å². The van der Waals surface area contributed by atoms with Crippen molar-refractivity contribution in [1.29, 1.82) is 0 Å². The first-order valence-electron chi connectivity index (χ1n) is 4.93. The number of ether oxygens (including phenoxy) is 1. The van der Waals surface area contributed by atoms with Gasteiger partial charge in [0, 0.05) is 25.1 Å². The van der Waals surface area contributed by atoms with Gasteiger partial charge in [0.05, 0.1) is 11.9 Å². The van der Waals surface area contributed by atoms with Crippen LogP contribution < -0.4 is 10.1 Å². The van der Waals surface area contributed by atoms with Crippen molar-refractivity contribution in [2.24, 2.45) is 0 Å². The molecular weight excluding hydrogens is 178 g/mol. The van der Waals surface area contributed by atoms with Gasteiger partial charge in [0.2, 0.25) is 0 Å². The van der Waals surface area contributed by atoms with E-state index in [0.29, 0.717) is 6.04 Å². The van der Waals surface area contributed by atoms with Crippen LogP contribution in [-0.4, -0.2) is 28.9 Å². The van der Waals surface area contributed by atoms with Crippen LogP contribution in [0.15, 0.2) is 12.3 Å². The van der Waals surface area contributed by atoms with E-state index in [9.17, 15) is 0 Å². The fourth-order valence-corrected chi connectivity index (χ4v) is 1.69. The number of aryl methyl sites for hydroxylation is 1. The molecule has 14 heavy (non-hydrogen) atoms. The first-order valence-corrected chi connectivity index (χ1v) is 4.93. The monoisotopic (exact) mass is 193 g/mol. The highest BCUT2D eigenvalue weighted by atomic mass is 16.5. The molecule has 76 valence electrons. The highest BCUT2D eigenvalue weighted by molar-refractivity contribution is 5.18. The molecule has 2 atom stereocenters. The van der Waals surface area contributed by atoms with E-state index in [2.05, 4.69) is 22.4 Å². The Kier molecular flexibility index (Phi) is 2.63. The van der Waals surface area contributed by atoms with Crippen LogP contribution in [0.5, 0.6) is 5.75 Å². The molecule has 4 heteroatoms. The summed E-state index contributed by atoms with van der Waals surface area (Å²) in [5, 5.41) is 11.1. The van der Waals surface area contributed by atoms with Crippen LogP contribution in [0.2, 0.25) is 0 Å². The molecule has 0 bridgehead atoms. The minimum absolute atomic E-state index is 0.272. The fraction of sp³-hybridized carbons (Fsp3) is 0.600. The van der Waals surface area contributed by atoms with Crippen molar-refractivity contribution >= 4 is 0 Å². The fourth-order valence-electron chi connectivity index (χ4n) is 1.69. The molecule has 1 saturated heterocycles. The number of aromatic nitrogens is 2. The van der Waals surface area contributed by atoms with Crippen molar-refractivity contribution in [3.63, 3.8) is 0 Å².